The van der Waals surface area contributed by atoms with E-state index in [0.717, 1.165) is 22.3 Å². The van der Waals surface area contributed by atoms with Crippen LogP contribution in [0.3, 0.4) is 0 Å². The Morgan fingerprint density at radius 3 is 2.62 bits per heavy atom. The first kappa shape index (κ1) is 16.0. The average molecular weight is 346 g/mol. The van der Waals surface area contributed by atoms with Gasteiger partial charge in [0.2, 0.25) is 5.91 Å². The summed E-state index contributed by atoms with van der Waals surface area (Å²) >= 11 is 0. The Balaban J connectivity index is 1.47. The van der Waals surface area contributed by atoms with Crippen LogP contribution in [0.1, 0.15) is 11.4 Å². The van der Waals surface area contributed by atoms with Crippen LogP contribution in [0.4, 0.5) is 5.69 Å². The second-order valence-electron chi connectivity index (χ2n) is 6.16. The first-order valence-corrected chi connectivity index (χ1v) is 8.29. The van der Waals surface area contributed by atoms with Gasteiger partial charge in [0.15, 0.2) is 0 Å². The number of carbonyl (C=O) groups is 1. The molecule has 1 amide bonds. The molecule has 0 atom stereocenters. The third-order valence-electron chi connectivity index (χ3n) is 4.12. The van der Waals surface area contributed by atoms with Crippen molar-refractivity contribution in [2.45, 2.75) is 20.4 Å². The van der Waals surface area contributed by atoms with Crippen LogP contribution < -0.4 is 5.32 Å². The number of carbonyl (C=O) groups excluding carboxylic acids is 1. The van der Waals surface area contributed by atoms with Crippen LogP contribution in [0, 0.1) is 13.8 Å². The van der Waals surface area contributed by atoms with E-state index in [9.17, 15) is 4.79 Å². The molecule has 4 aromatic rings. The number of hydrogen-bond donors (Lipinski definition) is 1. The van der Waals surface area contributed by atoms with Gasteiger partial charge in [0, 0.05) is 17.4 Å². The molecule has 1 N–H and O–H groups in total. The van der Waals surface area contributed by atoms with Gasteiger partial charge in [-0.3, -0.25) is 4.79 Å². The number of aryl methyl sites for hydroxylation is 2. The van der Waals surface area contributed by atoms with Gasteiger partial charge < -0.3 is 9.88 Å². The van der Waals surface area contributed by atoms with E-state index in [1.54, 1.807) is 17.1 Å². The van der Waals surface area contributed by atoms with Crippen molar-refractivity contribution in [2.75, 3.05) is 5.32 Å². The summed E-state index contributed by atoms with van der Waals surface area (Å²) in [5, 5.41) is 8.29. The molecule has 0 saturated heterocycles. The molecule has 3 aromatic heterocycles. The molecule has 130 valence electrons. The van der Waals surface area contributed by atoms with Crippen LogP contribution in [-0.4, -0.2) is 30.2 Å². The highest BCUT2D eigenvalue weighted by atomic mass is 16.1. The number of amides is 1. The maximum atomic E-state index is 12.3. The van der Waals surface area contributed by atoms with E-state index in [0.29, 0.717) is 11.6 Å². The van der Waals surface area contributed by atoms with Crippen molar-refractivity contribution in [1.29, 1.82) is 0 Å². The van der Waals surface area contributed by atoms with Gasteiger partial charge in [0.1, 0.15) is 6.54 Å². The number of aromatic nitrogens is 5. The zero-order valence-corrected chi connectivity index (χ0v) is 14.5. The SMILES string of the molecule is Cc1cc(C)n(-c2ncc(NC(=O)Cn3ccc4ccccc43)cn2)n1. The summed E-state index contributed by atoms with van der Waals surface area (Å²) in [6.07, 6.45) is 5.08. The first-order chi connectivity index (χ1) is 12.6. The fraction of sp³-hybridized carbons (Fsp3) is 0.158. The molecular weight excluding hydrogens is 328 g/mol. The van der Waals surface area contributed by atoms with E-state index in [1.807, 2.05) is 61.0 Å². The molecule has 0 aliphatic heterocycles. The van der Waals surface area contributed by atoms with E-state index < -0.39 is 0 Å². The first-order valence-electron chi connectivity index (χ1n) is 8.29. The van der Waals surface area contributed by atoms with E-state index in [1.165, 1.54) is 0 Å². The predicted molar refractivity (Wildman–Crippen MR) is 99.2 cm³/mol. The maximum Gasteiger partial charge on any atom is 0.250 e. The second kappa shape index (κ2) is 6.44. The minimum Gasteiger partial charge on any atom is -0.338 e. The summed E-state index contributed by atoms with van der Waals surface area (Å²) < 4.78 is 3.59. The molecule has 7 nitrogen and oxygen atoms in total. The van der Waals surface area contributed by atoms with Crippen molar-refractivity contribution in [2.24, 2.45) is 0 Å². The molecule has 0 spiro atoms. The van der Waals surface area contributed by atoms with Crippen LogP contribution >= 0.6 is 0 Å². The third-order valence-corrected chi connectivity index (χ3v) is 4.12. The van der Waals surface area contributed by atoms with Crippen molar-refractivity contribution < 1.29 is 4.79 Å². The quantitative estimate of drug-likeness (QED) is 0.616. The topological polar surface area (TPSA) is 77.6 Å². The van der Waals surface area contributed by atoms with Crippen LogP contribution in [0.25, 0.3) is 16.9 Å². The number of nitrogens with zero attached hydrogens (tertiary/aromatic N) is 5. The molecule has 4 rings (SSSR count). The fourth-order valence-electron chi connectivity index (χ4n) is 2.96. The van der Waals surface area contributed by atoms with Crippen molar-refractivity contribution in [3.63, 3.8) is 0 Å². The van der Waals surface area contributed by atoms with Gasteiger partial charge in [0.25, 0.3) is 5.95 Å². The predicted octanol–water partition coefficient (Wildman–Crippen LogP) is 2.87. The number of nitrogens with one attached hydrogen (secondary N) is 1. The fourth-order valence-corrected chi connectivity index (χ4v) is 2.96. The molecule has 0 aliphatic carbocycles. The third kappa shape index (κ3) is 3.06. The number of rotatable bonds is 4. The second-order valence-corrected chi connectivity index (χ2v) is 6.16. The lowest BCUT2D eigenvalue weighted by Crippen LogP contribution is -2.18. The minimum atomic E-state index is -0.131. The van der Waals surface area contributed by atoms with Crippen molar-refractivity contribution in [3.05, 3.63) is 66.4 Å². The Labute approximate surface area is 150 Å². The number of hydrogen-bond acceptors (Lipinski definition) is 4. The molecule has 0 aliphatic rings. The molecule has 0 radical (unpaired) electrons. The van der Waals surface area contributed by atoms with Gasteiger partial charge in [-0.2, -0.15) is 5.10 Å². The Hall–Kier alpha value is -3.48. The van der Waals surface area contributed by atoms with Crippen LogP contribution in [0.2, 0.25) is 0 Å². The monoisotopic (exact) mass is 346 g/mol. The van der Waals surface area contributed by atoms with Crippen LogP contribution in [-0.2, 0) is 11.3 Å². The Bertz CT molecular complexity index is 1080. The Kier molecular flexibility index (Phi) is 3.96. The summed E-state index contributed by atoms with van der Waals surface area (Å²) in [4.78, 5) is 20.9. The minimum absolute atomic E-state index is 0.131. The van der Waals surface area contributed by atoms with E-state index >= 15 is 0 Å². The zero-order valence-electron chi connectivity index (χ0n) is 14.5. The summed E-state index contributed by atoms with van der Waals surface area (Å²) in [7, 11) is 0. The van der Waals surface area contributed by atoms with Gasteiger partial charge in [-0.15, -0.1) is 0 Å². The molecule has 7 heteroatoms. The van der Waals surface area contributed by atoms with Crippen LogP contribution in [0.5, 0.6) is 0 Å². The van der Waals surface area contributed by atoms with Gasteiger partial charge >= 0.3 is 0 Å². The van der Waals surface area contributed by atoms with E-state index in [4.69, 9.17) is 0 Å². The molecule has 0 fully saturated rings. The number of fused-ring (bicyclic) bond motifs is 1. The standard InChI is InChI=1S/C19H18N6O/c1-13-9-14(2)25(23-13)19-20-10-16(11-21-19)22-18(26)12-24-8-7-15-5-3-4-6-17(15)24/h3-11H,12H2,1-2H3,(H,22,26). The van der Waals surface area contributed by atoms with Gasteiger partial charge in [-0.25, -0.2) is 14.6 Å². The number of benzene rings is 1. The molecular formula is C19H18N6O. The summed E-state index contributed by atoms with van der Waals surface area (Å²) in [6.45, 7) is 4.09. The van der Waals surface area contributed by atoms with Crippen molar-refractivity contribution in [3.8, 4) is 5.95 Å². The Morgan fingerprint density at radius 1 is 1.12 bits per heavy atom. The van der Waals surface area contributed by atoms with Crippen molar-refractivity contribution >= 4 is 22.5 Å². The highest BCUT2D eigenvalue weighted by Crippen LogP contribution is 2.15. The van der Waals surface area contributed by atoms with E-state index in [-0.39, 0.29) is 12.5 Å². The lowest BCUT2D eigenvalue weighted by atomic mass is 10.2. The van der Waals surface area contributed by atoms with Crippen molar-refractivity contribution in [1.82, 2.24) is 24.3 Å². The summed E-state index contributed by atoms with van der Waals surface area (Å²) in [5.41, 5.74) is 3.44. The molecule has 0 bridgehead atoms. The number of anilines is 1. The average Bonchev–Trinajstić information content (AvgIpc) is 3.18. The molecule has 1 aromatic carbocycles. The lowest BCUT2D eigenvalue weighted by Gasteiger charge is -2.08. The van der Waals surface area contributed by atoms with E-state index in [2.05, 4.69) is 20.4 Å². The molecule has 0 unspecified atom stereocenters. The van der Waals surface area contributed by atoms with Gasteiger partial charge in [-0.1, -0.05) is 18.2 Å². The largest absolute Gasteiger partial charge is 0.338 e. The summed E-state index contributed by atoms with van der Waals surface area (Å²) in [6, 6.07) is 11.9. The number of para-hydroxylation sites is 1. The molecule has 26 heavy (non-hydrogen) atoms. The zero-order chi connectivity index (χ0) is 18.1. The molecule has 3 heterocycles. The van der Waals surface area contributed by atoms with Gasteiger partial charge in [0.05, 0.1) is 23.8 Å². The molecule has 0 saturated carbocycles. The normalized spacial score (nSPS) is 11.0. The highest BCUT2D eigenvalue weighted by molar-refractivity contribution is 5.91. The van der Waals surface area contributed by atoms with Gasteiger partial charge in [-0.05, 0) is 37.4 Å². The lowest BCUT2D eigenvalue weighted by molar-refractivity contribution is -0.116. The maximum absolute atomic E-state index is 12.3. The smallest absolute Gasteiger partial charge is 0.250 e. The highest BCUT2D eigenvalue weighted by Gasteiger charge is 2.09. The van der Waals surface area contributed by atoms with Crippen LogP contribution in [0.15, 0.2) is 55.0 Å². The summed E-state index contributed by atoms with van der Waals surface area (Å²) in [5.74, 6) is 0.346. The Morgan fingerprint density at radius 2 is 1.88 bits per heavy atom.